The monoisotopic (exact) mass is 665 g/mol. The average Bonchev–Trinajstić information content (AvgIpc) is 3.01. The van der Waals surface area contributed by atoms with Gasteiger partial charge >= 0.3 is 0 Å². The van der Waals surface area contributed by atoms with Crippen LogP contribution in [0.2, 0.25) is 10.0 Å². The molecule has 0 spiro atoms. The molecule has 0 saturated heterocycles. The standard InChI is InChI=1S/C35H37Cl2N3O4S/c1-25(2)22-38-35(42)33(20-27-10-5-4-6-11-27)39(23-28-12-7-9-26(3)19-28)34(41)24-40(31-14-8-13-30(37)21-31)45(43,44)32-17-15-29(36)16-18-32/h4-19,21,25,33H,20,22-24H2,1-3H3,(H,38,42)/t33-/m0/s1. The number of halogens is 2. The van der Waals surface area contributed by atoms with Crippen LogP contribution in [0.5, 0.6) is 0 Å². The van der Waals surface area contributed by atoms with Gasteiger partial charge in [0, 0.05) is 29.6 Å². The van der Waals surface area contributed by atoms with Gasteiger partial charge in [0.15, 0.2) is 0 Å². The summed E-state index contributed by atoms with van der Waals surface area (Å²) in [5.74, 6) is -0.673. The fourth-order valence-electron chi connectivity index (χ4n) is 4.88. The second kappa shape index (κ2) is 15.4. The van der Waals surface area contributed by atoms with Gasteiger partial charge in [-0.2, -0.15) is 0 Å². The zero-order chi connectivity index (χ0) is 32.6. The molecular weight excluding hydrogens is 629 g/mol. The van der Waals surface area contributed by atoms with Crippen LogP contribution in [-0.4, -0.2) is 44.3 Å². The predicted octanol–water partition coefficient (Wildman–Crippen LogP) is 6.91. The molecule has 4 aromatic rings. The number of hydrogen-bond donors (Lipinski definition) is 1. The first-order valence-electron chi connectivity index (χ1n) is 14.6. The molecule has 7 nitrogen and oxygen atoms in total. The van der Waals surface area contributed by atoms with Crippen LogP contribution >= 0.6 is 23.2 Å². The van der Waals surface area contributed by atoms with Gasteiger partial charge in [-0.1, -0.05) is 103 Å². The van der Waals surface area contributed by atoms with E-state index in [9.17, 15) is 18.0 Å². The molecule has 1 atom stereocenters. The van der Waals surface area contributed by atoms with E-state index in [4.69, 9.17) is 23.2 Å². The molecule has 0 unspecified atom stereocenters. The summed E-state index contributed by atoms with van der Waals surface area (Å²) in [6.45, 7) is 5.89. The molecule has 10 heteroatoms. The first-order chi connectivity index (χ1) is 21.4. The van der Waals surface area contributed by atoms with Crippen molar-refractivity contribution in [1.82, 2.24) is 10.2 Å². The first-order valence-corrected chi connectivity index (χ1v) is 16.8. The second-order valence-corrected chi connectivity index (χ2v) is 14.0. The minimum Gasteiger partial charge on any atom is -0.354 e. The topological polar surface area (TPSA) is 86.8 Å². The van der Waals surface area contributed by atoms with Crippen molar-refractivity contribution >= 4 is 50.7 Å². The lowest BCUT2D eigenvalue weighted by Crippen LogP contribution is -2.53. The third-order valence-electron chi connectivity index (χ3n) is 7.17. The van der Waals surface area contributed by atoms with E-state index in [2.05, 4.69) is 5.32 Å². The molecule has 0 aliphatic heterocycles. The molecule has 2 amide bonds. The number of anilines is 1. The number of amides is 2. The van der Waals surface area contributed by atoms with E-state index in [0.717, 1.165) is 21.0 Å². The zero-order valence-electron chi connectivity index (χ0n) is 25.5. The Morgan fingerprint density at radius 2 is 1.47 bits per heavy atom. The summed E-state index contributed by atoms with van der Waals surface area (Å²) in [5.41, 5.74) is 2.89. The Morgan fingerprint density at radius 3 is 2.11 bits per heavy atom. The van der Waals surface area contributed by atoms with Gasteiger partial charge < -0.3 is 10.2 Å². The summed E-state index contributed by atoms with van der Waals surface area (Å²) in [6.07, 6.45) is 0.240. The number of hydrogen-bond acceptors (Lipinski definition) is 4. The van der Waals surface area contributed by atoms with E-state index < -0.39 is 28.5 Å². The molecule has 0 heterocycles. The van der Waals surface area contributed by atoms with E-state index in [0.29, 0.717) is 16.6 Å². The highest BCUT2D eigenvalue weighted by atomic mass is 35.5. The summed E-state index contributed by atoms with van der Waals surface area (Å²) in [4.78, 5) is 29.8. The Bertz CT molecular complexity index is 1710. The second-order valence-electron chi connectivity index (χ2n) is 11.3. The molecule has 0 saturated carbocycles. The third kappa shape index (κ3) is 9.33. The molecule has 236 valence electrons. The van der Waals surface area contributed by atoms with Gasteiger partial charge in [-0.3, -0.25) is 13.9 Å². The lowest BCUT2D eigenvalue weighted by molar-refractivity contribution is -0.140. The van der Waals surface area contributed by atoms with E-state index >= 15 is 0 Å². The minimum absolute atomic E-state index is 0.0413. The van der Waals surface area contributed by atoms with Crippen molar-refractivity contribution in [2.24, 2.45) is 5.92 Å². The van der Waals surface area contributed by atoms with Crippen LogP contribution in [0.3, 0.4) is 0 Å². The fourth-order valence-corrected chi connectivity index (χ4v) is 6.59. The van der Waals surface area contributed by atoms with Crippen LogP contribution < -0.4 is 9.62 Å². The molecule has 0 aromatic heterocycles. The maximum absolute atomic E-state index is 14.5. The molecule has 0 fully saturated rings. The molecule has 0 bridgehead atoms. The van der Waals surface area contributed by atoms with Crippen molar-refractivity contribution in [3.63, 3.8) is 0 Å². The van der Waals surface area contributed by atoms with Gasteiger partial charge in [-0.05, 0) is 66.4 Å². The van der Waals surface area contributed by atoms with E-state index in [1.165, 1.54) is 35.2 Å². The first kappa shape index (κ1) is 34.0. The van der Waals surface area contributed by atoms with Gasteiger partial charge in [0.05, 0.1) is 10.6 Å². The largest absolute Gasteiger partial charge is 0.354 e. The van der Waals surface area contributed by atoms with Gasteiger partial charge in [-0.25, -0.2) is 8.42 Å². The molecule has 0 radical (unpaired) electrons. The van der Waals surface area contributed by atoms with Crippen LogP contribution in [0.1, 0.15) is 30.5 Å². The smallest absolute Gasteiger partial charge is 0.264 e. The van der Waals surface area contributed by atoms with E-state index in [1.807, 2.05) is 75.4 Å². The van der Waals surface area contributed by atoms with Gasteiger partial charge in [0.2, 0.25) is 11.8 Å². The highest BCUT2D eigenvalue weighted by Gasteiger charge is 2.34. The summed E-state index contributed by atoms with van der Waals surface area (Å²) in [6, 6.07) is 28.3. The number of aryl methyl sites for hydroxylation is 1. The lowest BCUT2D eigenvalue weighted by atomic mass is 10.0. The minimum atomic E-state index is -4.25. The lowest BCUT2D eigenvalue weighted by Gasteiger charge is -2.34. The average molecular weight is 667 g/mol. The molecule has 4 aromatic carbocycles. The van der Waals surface area contributed by atoms with Crippen molar-refractivity contribution in [3.05, 3.63) is 130 Å². The summed E-state index contributed by atoms with van der Waals surface area (Å²) < 4.78 is 29.2. The van der Waals surface area contributed by atoms with Crippen molar-refractivity contribution < 1.29 is 18.0 Å². The van der Waals surface area contributed by atoms with Crippen molar-refractivity contribution in [2.75, 3.05) is 17.4 Å². The molecule has 1 N–H and O–H groups in total. The van der Waals surface area contributed by atoms with Crippen LogP contribution in [0, 0.1) is 12.8 Å². The SMILES string of the molecule is Cc1cccc(CN(C(=O)CN(c2cccc(Cl)c2)S(=O)(=O)c2ccc(Cl)cc2)[C@@H](Cc2ccccc2)C(=O)NCC(C)C)c1. The maximum atomic E-state index is 14.5. The molecule has 0 aliphatic rings. The quantitative estimate of drug-likeness (QED) is 0.168. The summed E-state index contributed by atoms with van der Waals surface area (Å²) >= 11 is 12.3. The third-order valence-corrected chi connectivity index (χ3v) is 9.44. The van der Waals surface area contributed by atoms with Gasteiger partial charge in [0.25, 0.3) is 10.0 Å². The number of sulfonamides is 1. The van der Waals surface area contributed by atoms with Crippen LogP contribution in [0.15, 0.2) is 108 Å². The number of nitrogens with zero attached hydrogens (tertiary/aromatic N) is 2. The van der Waals surface area contributed by atoms with Crippen LogP contribution in [0.25, 0.3) is 0 Å². The Morgan fingerprint density at radius 1 is 0.800 bits per heavy atom. The number of benzene rings is 4. The van der Waals surface area contributed by atoms with E-state index in [1.54, 1.807) is 18.2 Å². The van der Waals surface area contributed by atoms with Gasteiger partial charge in [-0.15, -0.1) is 0 Å². The van der Waals surface area contributed by atoms with Gasteiger partial charge in [0.1, 0.15) is 12.6 Å². The maximum Gasteiger partial charge on any atom is 0.264 e. The Kier molecular flexibility index (Phi) is 11.7. The molecule has 4 rings (SSSR count). The Balaban J connectivity index is 1.80. The summed E-state index contributed by atoms with van der Waals surface area (Å²) in [5, 5.41) is 3.68. The predicted molar refractivity (Wildman–Crippen MR) is 181 cm³/mol. The highest BCUT2D eigenvalue weighted by Crippen LogP contribution is 2.28. The summed E-state index contributed by atoms with van der Waals surface area (Å²) in [7, 11) is -4.25. The fraction of sp³-hybridized carbons (Fsp3) is 0.257. The van der Waals surface area contributed by atoms with Crippen LogP contribution in [-0.2, 0) is 32.6 Å². The van der Waals surface area contributed by atoms with Crippen molar-refractivity contribution in [1.29, 1.82) is 0 Å². The Labute approximate surface area is 275 Å². The molecule has 45 heavy (non-hydrogen) atoms. The van der Waals surface area contributed by atoms with Crippen LogP contribution in [0.4, 0.5) is 5.69 Å². The van der Waals surface area contributed by atoms with Crippen molar-refractivity contribution in [3.8, 4) is 0 Å². The highest BCUT2D eigenvalue weighted by molar-refractivity contribution is 7.92. The normalized spacial score (nSPS) is 12.0. The van der Waals surface area contributed by atoms with Crippen molar-refractivity contribution in [2.45, 2.75) is 44.7 Å². The number of nitrogens with one attached hydrogen (secondary N) is 1. The Hall–Kier alpha value is -3.85. The molecular formula is C35H37Cl2N3O4S. The van der Waals surface area contributed by atoms with E-state index in [-0.39, 0.29) is 35.4 Å². The zero-order valence-corrected chi connectivity index (χ0v) is 27.8. The number of rotatable bonds is 13. The number of carbonyl (C=O) groups is 2. The molecule has 0 aliphatic carbocycles. The number of carbonyl (C=O) groups excluding carboxylic acids is 2.